The van der Waals surface area contributed by atoms with Crippen molar-refractivity contribution >= 4 is 30.0 Å². The molecule has 0 aliphatic rings. The Morgan fingerprint density at radius 3 is 1.78 bits per heavy atom. The van der Waals surface area contributed by atoms with E-state index >= 15 is 0 Å². The lowest BCUT2D eigenvalue weighted by atomic mass is 10.2. The summed E-state index contributed by atoms with van der Waals surface area (Å²) in [6, 6.07) is 9.95. The van der Waals surface area contributed by atoms with Crippen LogP contribution in [0.15, 0.2) is 58.3 Å². The zero-order valence-electron chi connectivity index (χ0n) is 14.5. The lowest BCUT2D eigenvalue weighted by molar-refractivity contribution is -0.134. The summed E-state index contributed by atoms with van der Waals surface area (Å²) >= 11 is 0. The fourth-order valence-corrected chi connectivity index (χ4v) is 5.40. The monoisotopic (exact) mass is 408 g/mol. The van der Waals surface area contributed by atoms with Crippen LogP contribution in [0.1, 0.15) is 18.9 Å². The van der Waals surface area contributed by atoms with Gasteiger partial charge in [-0.15, -0.1) is 4.79 Å². The first-order chi connectivity index (χ1) is 12.6. The molecule has 0 spiro atoms. The number of nitrogens with zero attached hydrogens (tertiary/aromatic N) is 2. The zero-order valence-corrected chi connectivity index (χ0v) is 16.1. The Bertz CT molecular complexity index is 1110. The lowest BCUT2D eigenvalue weighted by Crippen LogP contribution is -2.26. The molecule has 0 aliphatic heterocycles. The molecule has 0 saturated heterocycles. The summed E-state index contributed by atoms with van der Waals surface area (Å²) in [5.74, 6) is -0.408. The van der Waals surface area contributed by atoms with Crippen LogP contribution in [0.25, 0.3) is 5.53 Å². The summed E-state index contributed by atoms with van der Waals surface area (Å²) in [4.78, 5) is 13.1. The third-order valence-corrected chi connectivity index (χ3v) is 7.71. The Hall–Kier alpha value is -2.81. The van der Waals surface area contributed by atoms with E-state index in [0.29, 0.717) is 0 Å². The van der Waals surface area contributed by atoms with Crippen molar-refractivity contribution in [3.63, 3.8) is 0 Å². The molecule has 10 heteroatoms. The number of benzene rings is 2. The smallest absolute Gasteiger partial charge is 0.427 e. The number of esters is 1. The van der Waals surface area contributed by atoms with Gasteiger partial charge in [0.25, 0.3) is 19.7 Å². The second-order valence-electron chi connectivity index (χ2n) is 5.48. The van der Waals surface area contributed by atoms with Crippen molar-refractivity contribution in [2.75, 3.05) is 0 Å². The van der Waals surface area contributed by atoms with Crippen molar-refractivity contribution in [3.05, 3.63) is 59.6 Å². The highest BCUT2D eigenvalue weighted by atomic mass is 32.3. The molecule has 142 valence electrons. The average molecular weight is 408 g/mol. The van der Waals surface area contributed by atoms with Gasteiger partial charge in [0, 0.05) is 6.42 Å². The fraction of sp³-hybridized carbons (Fsp3) is 0.176. The number of sulfone groups is 2. The van der Waals surface area contributed by atoms with Crippen LogP contribution < -0.4 is 4.74 Å². The summed E-state index contributed by atoms with van der Waals surface area (Å²) < 4.78 is 54.1. The molecule has 2 aromatic rings. The van der Waals surface area contributed by atoms with Gasteiger partial charge in [0.05, 0.1) is 9.79 Å². The minimum absolute atomic E-state index is 0.102. The van der Waals surface area contributed by atoms with E-state index in [1.54, 1.807) is 13.8 Å². The third kappa shape index (κ3) is 4.30. The first-order valence-corrected chi connectivity index (χ1v) is 10.7. The molecule has 2 aromatic carbocycles. The van der Waals surface area contributed by atoms with Gasteiger partial charge in [-0.3, -0.25) is 4.79 Å². The highest BCUT2D eigenvalue weighted by Crippen LogP contribution is 2.23. The Kier molecular flexibility index (Phi) is 5.94. The maximum Gasteiger partial charge on any atom is 0.504 e. The van der Waals surface area contributed by atoms with Crippen molar-refractivity contribution in [2.45, 2.75) is 30.1 Å². The van der Waals surface area contributed by atoms with E-state index in [4.69, 9.17) is 10.3 Å². The van der Waals surface area contributed by atoms with E-state index in [-0.39, 0.29) is 17.1 Å². The topological polar surface area (TPSA) is 131 Å². The van der Waals surface area contributed by atoms with Gasteiger partial charge in [0.15, 0.2) is 0 Å². The molecular weight excluding hydrogens is 392 g/mol. The normalized spacial score (nSPS) is 11.5. The first-order valence-electron chi connectivity index (χ1n) is 7.72. The van der Waals surface area contributed by atoms with Gasteiger partial charge in [0.2, 0.25) is 0 Å². The lowest BCUT2D eigenvalue weighted by Gasteiger charge is -2.05. The Balaban J connectivity index is 2.45. The molecule has 0 amide bonds. The molecule has 8 nitrogen and oxygen atoms in total. The van der Waals surface area contributed by atoms with Crippen LogP contribution >= 0.6 is 0 Å². The van der Waals surface area contributed by atoms with E-state index in [1.807, 2.05) is 0 Å². The van der Waals surface area contributed by atoms with Crippen LogP contribution in [0.5, 0.6) is 5.75 Å². The predicted molar refractivity (Wildman–Crippen MR) is 96.5 cm³/mol. The molecule has 0 N–H and O–H groups in total. The third-order valence-electron chi connectivity index (χ3n) is 3.53. The number of aryl methyl sites for hydroxylation is 1. The summed E-state index contributed by atoms with van der Waals surface area (Å²) in [6.07, 6.45) is 0.135. The molecule has 27 heavy (non-hydrogen) atoms. The molecule has 0 bridgehead atoms. The van der Waals surface area contributed by atoms with Crippen molar-refractivity contribution in [1.82, 2.24) is 0 Å². The number of hydrogen-bond acceptors (Lipinski definition) is 6. The maximum absolute atomic E-state index is 12.7. The fourth-order valence-electron chi connectivity index (χ4n) is 2.06. The Morgan fingerprint density at radius 2 is 1.37 bits per heavy atom. The number of carbonyl (C=O) groups is 1. The van der Waals surface area contributed by atoms with Crippen LogP contribution in [0.2, 0.25) is 0 Å². The zero-order chi connectivity index (χ0) is 20.2. The summed E-state index contributed by atoms with van der Waals surface area (Å²) in [5.41, 5.74) is 9.91. The van der Waals surface area contributed by atoms with Gasteiger partial charge in [-0.1, -0.05) is 24.6 Å². The van der Waals surface area contributed by atoms with Crippen LogP contribution in [0, 0.1) is 6.92 Å². The van der Waals surface area contributed by atoms with Crippen LogP contribution in [0.3, 0.4) is 0 Å². The largest absolute Gasteiger partial charge is 0.504 e. The van der Waals surface area contributed by atoms with Gasteiger partial charge < -0.3 is 10.3 Å². The van der Waals surface area contributed by atoms with E-state index in [0.717, 1.165) is 17.7 Å². The van der Waals surface area contributed by atoms with Gasteiger partial charge in [-0.05, 0) is 43.3 Å². The first kappa shape index (κ1) is 20.5. The van der Waals surface area contributed by atoms with Crippen molar-refractivity contribution in [3.8, 4) is 5.75 Å². The quantitative estimate of drug-likeness (QED) is 0.190. The SMILES string of the molecule is CCC(=O)Oc1ccc(S(=O)(=O)C(=[N+]=[N-])S(=O)(=O)c2ccc(C)cc2)cc1. The molecule has 0 aliphatic carbocycles. The molecule has 0 radical (unpaired) electrons. The summed E-state index contributed by atoms with van der Waals surface area (Å²) in [7, 11) is -9.23. The average Bonchev–Trinajstić information content (AvgIpc) is 2.62. The van der Waals surface area contributed by atoms with Gasteiger partial charge >= 0.3 is 10.3 Å². The molecule has 0 heterocycles. The summed E-state index contributed by atoms with van der Waals surface area (Å²) in [5, 5.41) is 0. The van der Waals surface area contributed by atoms with Crippen LogP contribution in [-0.4, -0.2) is 32.0 Å². The predicted octanol–water partition coefficient (Wildman–Crippen LogP) is 2.14. The summed E-state index contributed by atoms with van der Waals surface area (Å²) in [6.45, 7) is 3.34. The van der Waals surface area contributed by atoms with Crippen LogP contribution in [0.4, 0.5) is 0 Å². The maximum atomic E-state index is 12.7. The standard InChI is InChI=1S/C17H16N2O6S2/c1-3-16(20)25-13-6-10-15(11-7-13)27(23,24)17(19-18)26(21,22)14-8-4-12(2)5-9-14/h4-11H,3H2,1-2H3. The van der Waals surface area contributed by atoms with E-state index < -0.39 is 34.9 Å². The number of ether oxygens (including phenoxy) is 1. The minimum atomic E-state index is -4.65. The van der Waals surface area contributed by atoms with E-state index in [9.17, 15) is 21.6 Å². The van der Waals surface area contributed by atoms with Crippen molar-refractivity contribution < 1.29 is 31.2 Å². The Labute approximate surface area is 156 Å². The van der Waals surface area contributed by atoms with E-state index in [2.05, 4.69) is 4.79 Å². The molecule has 0 fully saturated rings. The molecule has 2 rings (SSSR count). The highest BCUT2D eigenvalue weighted by molar-refractivity contribution is 8.31. The van der Waals surface area contributed by atoms with Gasteiger partial charge in [-0.2, -0.15) is 0 Å². The number of carbonyl (C=O) groups excluding carboxylic acids is 1. The molecular formula is C17H16N2O6S2. The molecule has 0 atom stereocenters. The number of rotatable bonds is 4. The second kappa shape index (κ2) is 7.83. The molecule has 0 saturated carbocycles. The van der Waals surface area contributed by atoms with E-state index in [1.165, 1.54) is 36.4 Å². The highest BCUT2D eigenvalue weighted by Gasteiger charge is 2.43. The van der Waals surface area contributed by atoms with Crippen molar-refractivity contribution in [1.29, 1.82) is 0 Å². The number of hydrogen-bond donors (Lipinski definition) is 0. The van der Waals surface area contributed by atoms with Gasteiger partial charge in [0.1, 0.15) is 5.75 Å². The molecule has 0 aromatic heterocycles. The second-order valence-corrected chi connectivity index (χ2v) is 9.47. The molecule has 0 unspecified atom stereocenters. The Morgan fingerprint density at radius 1 is 0.926 bits per heavy atom. The minimum Gasteiger partial charge on any atom is -0.427 e. The van der Waals surface area contributed by atoms with Gasteiger partial charge in [-0.25, -0.2) is 16.8 Å². The van der Waals surface area contributed by atoms with Crippen molar-refractivity contribution in [2.24, 2.45) is 0 Å². The van der Waals surface area contributed by atoms with Crippen LogP contribution in [-0.2, 0) is 24.5 Å².